The first-order valence-corrected chi connectivity index (χ1v) is 12.3. The van der Waals surface area contributed by atoms with Crippen molar-refractivity contribution >= 4 is 39.8 Å². The van der Waals surface area contributed by atoms with E-state index < -0.39 is 0 Å². The van der Waals surface area contributed by atoms with Crippen LogP contribution in [0.3, 0.4) is 0 Å². The van der Waals surface area contributed by atoms with Gasteiger partial charge in [-0.2, -0.15) is 30.7 Å². The number of phenolic OH excluding ortho intramolecular Hbond substituents is 1. The molecule has 190 valence electrons. The third kappa shape index (κ3) is 6.71. The Morgan fingerprint density at radius 3 is 1.58 bits per heavy atom. The van der Waals surface area contributed by atoms with Crippen LogP contribution in [0.1, 0.15) is 5.56 Å². The van der Waals surface area contributed by atoms with Crippen molar-refractivity contribution in [2.75, 3.05) is 31.2 Å². The fourth-order valence-corrected chi connectivity index (χ4v) is 3.81. The first-order valence-electron chi connectivity index (χ1n) is 12.3. The van der Waals surface area contributed by atoms with Crippen LogP contribution < -0.4 is 4.90 Å². The molecule has 0 saturated carbocycles. The van der Waals surface area contributed by atoms with E-state index in [9.17, 15) is 5.11 Å². The highest BCUT2D eigenvalue weighted by atomic mass is 16.5. The van der Waals surface area contributed by atoms with E-state index in [1.165, 1.54) is 5.69 Å². The highest BCUT2D eigenvalue weighted by Crippen LogP contribution is 2.29. The normalized spacial score (nSPS) is 14.2. The molecule has 0 amide bonds. The predicted molar refractivity (Wildman–Crippen MR) is 148 cm³/mol. The van der Waals surface area contributed by atoms with Crippen LogP contribution in [0.25, 0.3) is 0 Å². The van der Waals surface area contributed by atoms with Gasteiger partial charge in [-0.1, -0.05) is 0 Å². The van der Waals surface area contributed by atoms with E-state index in [0.717, 1.165) is 48.9 Å². The Kier molecular flexibility index (Phi) is 7.86. The predicted octanol–water partition coefficient (Wildman–Crippen LogP) is 8.78. The fraction of sp³-hybridized carbons (Fsp3) is 0.172. The average molecular weight is 506 g/mol. The Labute approximate surface area is 220 Å². The van der Waals surface area contributed by atoms with E-state index in [-0.39, 0.29) is 5.75 Å². The van der Waals surface area contributed by atoms with Crippen molar-refractivity contribution in [3.8, 4) is 5.75 Å². The minimum absolute atomic E-state index is 0.193. The lowest BCUT2D eigenvalue weighted by Crippen LogP contribution is -2.36. The number of phenols is 1. The van der Waals surface area contributed by atoms with Crippen molar-refractivity contribution in [2.24, 2.45) is 30.7 Å². The SMILES string of the molecule is Cc1cc(N=Nc2ccc(N3CCOCC3)cc2)ccc1N=Nc1ccc(N=Nc2ccc(O)cc2)cc1. The molecule has 0 unspecified atom stereocenters. The van der Waals surface area contributed by atoms with Gasteiger partial charge in [-0.3, -0.25) is 0 Å². The Morgan fingerprint density at radius 1 is 0.579 bits per heavy atom. The molecule has 4 aromatic carbocycles. The molecule has 1 aliphatic rings. The number of hydrogen-bond donors (Lipinski definition) is 1. The molecule has 0 atom stereocenters. The Balaban J connectivity index is 1.18. The van der Waals surface area contributed by atoms with Crippen LogP contribution in [-0.2, 0) is 4.74 Å². The number of rotatable bonds is 7. The van der Waals surface area contributed by atoms with E-state index in [1.807, 2.05) is 61.5 Å². The minimum Gasteiger partial charge on any atom is -0.508 e. The lowest BCUT2D eigenvalue weighted by molar-refractivity contribution is 0.122. The maximum atomic E-state index is 9.34. The second-order valence-corrected chi connectivity index (χ2v) is 8.72. The fourth-order valence-electron chi connectivity index (χ4n) is 3.81. The highest BCUT2D eigenvalue weighted by molar-refractivity contribution is 5.56. The molecule has 1 fully saturated rings. The average Bonchev–Trinajstić information content (AvgIpc) is 2.96. The number of hydrogen-bond acceptors (Lipinski definition) is 9. The molecule has 5 rings (SSSR count). The van der Waals surface area contributed by atoms with E-state index in [2.05, 4.69) is 47.7 Å². The van der Waals surface area contributed by atoms with Gasteiger partial charge in [-0.05, 0) is 103 Å². The third-order valence-corrected chi connectivity index (χ3v) is 5.94. The molecule has 9 nitrogen and oxygen atoms in total. The topological polar surface area (TPSA) is 107 Å². The van der Waals surface area contributed by atoms with Crippen LogP contribution in [0.4, 0.5) is 39.8 Å². The van der Waals surface area contributed by atoms with E-state index in [4.69, 9.17) is 4.74 Å². The largest absolute Gasteiger partial charge is 0.508 e. The number of nitrogens with zero attached hydrogens (tertiary/aromatic N) is 7. The summed E-state index contributed by atoms with van der Waals surface area (Å²) < 4.78 is 5.42. The first kappa shape index (κ1) is 24.9. The van der Waals surface area contributed by atoms with Gasteiger partial charge in [0, 0.05) is 18.8 Å². The first-order chi connectivity index (χ1) is 18.6. The number of benzene rings is 4. The van der Waals surface area contributed by atoms with Crippen molar-refractivity contribution in [1.29, 1.82) is 0 Å². The van der Waals surface area contributed by atoms with E-state index in [0.29, 0.717) is 17.1 Å². The molecule has 4 aromatic rings. The summed E-state index contributed by atoms with van der Waals surface area (Å²) >= 11 is 0. The maximum absolute atomic E-state index is 9.34. The van der Waals surface area contributed by atoms with Gasteiger partial charge in [0.1, 0.15) is 5.75 Å². The molecular formula is C29H27N7O2. The third-order valence-electron chi connectivity index (χ3n) is 5.94. The molecule has 0 spiro atoms. The maximum Gasteiger partial charge on any atom is 0.115 e. The molecule has 1 heterocycles. The van der Waals surface area contributed by atoms with Gasteiger partial charge in [0.15, 0.2) is 0 Å². The molecule has 9 heteroatoms. The zero-order chi connectivity index (χ0) is 26.2. The molecule has 1 saturated heterocycles. The van der Waals surface area contributed by atoms with Gasteiger partial charge in [0.25, 0.3) is 0 Å². The summed E-state index contributed by atoms with van der Waals surface area (Å²) in [5.74, 6) is 0.193. The molecule has 38 heavy (non-hydrogen) atoms. The van der Waals surface area contributed by atoms with Crippen LogP contribution in [-0.4, -0.2) is 31.4 Å². The molecule has 0 bridgehead atoms. The molecule has 1 N–H and O–H groups in total. The van der Waals surface area contributed by atoms with Crippen molar-refractivity contribution in [2.45, 2.75) is 6.92 Å². The lowest BCUT2D eigenvalue weighted by Gasteiger charge is -2.28. The molecule has 1 aliphatic heterocycles. The number of ether oxygens (including phenoxy) is 1. The molecule has 0 aromatic heterocycles. The summed E-state index contributed by atoms with van der Waals surface area (Å²) in [7, 11) is 0. The summed E-state index contributed by atoms with van der Waals surface area (Å²) in [5, 5.41) is 35.2. The molecule has 0 aliphatic carbocycles. The molecule has 0 radical (unpaired) electrons. The van der Waals surface area contributed by atoms with Gasteiger partial charge in [0.05, 0.1) is 47.3 Å². The van der Waals surface area contributed by atoms with Crippen molar-refractivity contribution in [3.63, 3.8) is 0 Å². The van der Waals surface area contributed by atoms with Crippen LogP contribution in [0, 0.1) is 6.92 Å². The lowest BCUT2D eigenvalue weighted by atomic mass is 10.2. The standard InChI is InChI=1S/C29H27N7O2/c1-21-20-26(34-32-24-6-11-27(12-7-24)36-16-18-38-19-17-36)10-15-29(21)35-33-23-4-2-22(3-5-23)30-31-25-8-13-28(37)14-9-25/h2-15,20,37H,16-19H2,1H3. The minimum atomic E-state index is 0.193. The highest BCUT2D eigenvalue weighted by Gasteiger charge is 2.10. The van der Waals surface area contributed by atoms with Gasteiger partial charge in [-0.15, -0.1) is 0 Å². The van der Waals surface area contributed by atoms with Gasteiger partial charge >= 0.3 is 0 Å². The Morgan fingerprint density at radius 2 is 1.03 bits per heavy atom. The number of aromatic hydroxyl groups is 1. The molecular weight excluding hydrogens is 478 g/mol. The Bertz CT molecular complexity index is 1440. The van der Waals surface area contributed by atoms with E-state index >= 15 is 0 Å². The van der Waals surface area contributed by atoms with Crippen molar-refractivity contribution < 1.29 is 9.84 Å². The quantitative estimate of drug-likeness (QED) is 0.254. The second kappa shape index (κ2) is 12.0. The second-order valence-electron chi connectivity index (χ2n) is 8.72. The van der Waals surface area contributed by atoms with Crippen molar-refractivity contribution in [3.05, 3.63) is 96.6 Å². The smallest absolute Gasteiger partial charge is 0.115 e. The van der Waals surface area contributed by atoms with Crippen LogP contribution >= 0.6 is 0 Å². The van der Waals surface area contributed by atoms with Gasteiger partial charge in [-0.25, -0.2) is 0 Å². The summed E-state index contributed by atoms with van der Waals surface area (Å²) in [6, 6.07) is 27.6. The Hall–Kier alpha value is -4.76. The summed E-state index contributed by atoms with van der Waals surface area (Å²) in [5.41, 5.74) is 6.49. The summed E-state index contributed by atoms with van der Waals surface area (Å²) in [6.07, 6.45) is 0. The van der Waals surface area contributed by atoms with E-state index in [1.54, 1.807) is 24.3 Å². The number of aryl methyl sites for hydroxylation is 1. The van der Waals surface area contributed by atoms with Crippen LogP contribution in [0.2, 0.25) is 0 Å². The zero-order valence-electron chi connectivity index (χ0n) is 21.0. The summed E-state index contributed by atoms with van der Waals surface area (Å²) in [4.78, 5) is 2.31. The number of anilines is 1. The zero-order valence-corrected chi connectivity index (χ0v) is 21.0. The van der Waals surface area contributed by atoms with Crippen LogP contribution in [0.15, 0.2) is 122 Å². The van der Waals surface area contributed by atoms with Gasteiger partial charge < -0.3 is 14.7 Å². The van der Waals surface area contributed by atoms with Gasteiger partial charge in [0.2, 0.25) is 0 Å². The van der Waals surface area contributed by atoms with Crippen LogP contribution in [0.5, 0.6) is 5.75 Å². The number of morpholine rings is 1. The van der Waals surface area contributed by atoms with Crippen molar-refractivity contribution in [1.82, 2.24) is 0 Å². The monoisotopic (exact) mass is 505 g/mol. The number of azo groups is 3. The summed E-state index contributed by atoms with van der Waals surface area (Å²) in [6.45, 7) is 5.31.